The fourth-order valence-corrected chi connectivity index (χ4v) is 4.68. The van der Waals surface area contributed by atoms with Crippen molar-refractivity contribution >= 4 is 23.0 Å². The number of hydrogen-bond donors (Lipinski definition) is 2. The van der Waals surface area contributed by atoms with E-state index in [0.717, 1.165) is 74.8 Å². The number of piperidine rings is 2. The van der Waals surface area contributed by atoms with Crippen LogP contribution in [-0.4, -0.2) is 58.0 Å². The number of fused-ring (bicyclic) bond motifs is 1. The highest BCUT2D eigenvalue weighted by atomic mass is 16.4. The molecule has 2 saturated heterocycles. The van der Waals surface area contributed by atoms with Crippen molar-refractivity contribution in [2.75, 3.05) is 31.1 Å². The fourth-order valence-electron chi connectivity index (χ4n) is 4.68. The molecule has 3 aromatic rings. The van der Waals surface area contributed by atoms with Crippen LogP contribution in [0, 0.1) is 5.92 Å². The molecule has 0 spiro atoms. The number of H-pyrrole nitrogens is 1. The standard InChI is InChI=1S/C22H28N6O2/c29-21(25-14-20-23-9-10-24-20)16-4-3-11-28(15-16)17-7-12-27(13-8-17)22-26-18-5-1-2-6-19(18)30-22/h1-2,5-6,9-10,16-17H,3-4,7-8,11-15H2,(H,23,24)(H,25,29)/t16-/m0/s1. The molecule has 0 radical (unpaired) electrons. The Balaban J connectivity index is 1.14. The van der Waals surface area contributed by atoms with E-state index in [9.17, 15) is 4.79 Å². The van der Waals surface area contributed by atoms with E-state index in [0.29, 0.717) is 12.6 Å². The average Bonchev–Trinajstić information content (AvgIpc) is 3.47. The van der Waals surface area contributed by atoms with Gasteiger partial charge >= 0.3 is 0 Å². The van der Waals surface area contributed by atoms with Crippen LogP contribution < -0.4 is 10.2 Å². The molecule has 30 heavy (non-hydrogen) atoms. The Morgan fingerprint density at radius 2 is 2.07 bits per heavy atom. The highest BCUT2D eigenvalue weighted by Gasteiger charge is 2.32. The highest BCUT2D eigenvalue weighted by molar-refractivity contribution is 5.78. The van der Waals surface area contributed by atoms with Gasteiger partial charge in [-0.15, -0.1) is 0 Å². The second-order valence-corrected chi connectivity index (χ2v) is 8.27. The number of imidazole rings is 1. The summed E-state index contributed by atoms with van der Waals surface area (Å²) >= 11 is 0. The van der Waals surface area contributed by atoms with Crippen LogP contribution in [0.25, 0.3) is 11.1 Å². The number of likely N-dealkylation sites (tertiary alicyclic amines) is 1. The van der Waals surface area contributed by atoms with Gasteiger partial charge in [0.25, 0.3) is 6.01 Å². The maximum atomic E-state index is 12.6. The topological polar surface area (TPSA) is 90.3 Å². The third-order valence-corrected chi connectivity index (χ3v) is 6.34. The van der Waals surface area contributed by atoms with Crippen LogP contribution in [0.4, 0.5) is 6.01 Å². The summed E-state index contributed by atoms with van der Waals surface area (Å²) in [5.41, 5.74) is 1.75. The third kappa shape index (κ3) is 4.05. The fraction of sp³-hybridized carbons (Fsp3) is 0.500. The number of aromatic nitrogens is 3. The number of nitrogens with one attached hydrogen (secondary N) is 2. The summed E-state index contributed by atoms with van der Waals surface area (Å²) in [4.78, 5) is 29.2. The van der Waals surface area contributed by atoms with Crippen LogP contribution in [0.15, 0.2) is 41.1 Å². The first-order chi connectivity index (χ1) is 14.8. The lowest BCUT2D eigenvalue weighted by molar-refractivity contribution is -0.127. The number of amides is 1. The molecule has 2 aliphatic heterocycles. The molecule has 8 nitrogen and oxygen atoms in total. The van der Waals surface area contributed by atoms with Crippen molar-refractivity contribution in [2.45, 2.75) is 38.3 Å². The highest BCUT2D eigenvalue weighted by Crippen LogP contribution is 2.28. The van der Waals surface area contributed by atoms with Crippen LogP contribution in [0.1, 0.15) is 31.5 Å². The minimum absolute atomic E-state index is 0.0591. The third-order valence-electron chi connectivity index (χ3n) is 6.34. The van der Waals surface area contributed by atoms with Crippen molar-refractivity contribution in [1.82, 2.24) is 25.2 Å². The van der Waals surface area contributed by atoms with E-state index in [2.05, 4.69) is 30.1 Å². The van der Waals surface area contributed by atoms with Crippen LogP contribution in [0.2, 0.25) is 0 Å². The predicted octanol–water partition coefficient (Wildman–Crippen LogP) is 2.55. The maximum absolute atomic E-state index is 12.6. The van der Waals surface area contributed by atoms with Crippen molar-refractivity contribution in [2.24, 2.45) is 5.92 Å². The number of nitrogens with zero attached hydrogens (tertiary/aromatic N) is 4. The van der Waals surface area contributed by atoms with E-state index in [4.69, 9.17) is 4.42 Å². The summed E-state index contributed by atoms with van der Waals surface area (Å²) in [6.07, 6.45) is 7.65. The summed E-state index contributed by atoms with van der Waals surface area (Å²) in [5, 5.41) is 3.03. The van der Waals surface area contributed by atoms with Crippen molar-refractivity contribution in [3.8, 4) is 0 Å². The second-order valence-electron chi connectivity index (χ2n) is 8.27. The minimum Gasteiger partial charge on any atom is -0.423 e. The lowest BCUT2D eigenvalue weighted by Crippen LogP contribution is -2.50. The van der Waals surface area contributed by atoms with Crippen LogP contribution in [-0.2, 0) is 11.3 Å². The average molecular weight is 409 g/mol. The molecule has 0 aliphatic carbocycles. The van der Waals surface area contributed by atoms with Gasteiger partial charge < -0.3 is 19.6 Å². The molecule has 2 aliphatic rings. The Morgan fingerprint density at radius 1 is 1.20 bits per heavy atom. The van der Waals surface area contributed by atoms with Crippen LogP contribution in [0.5, 0.6) is 0 Å². The molecular weight excluding hydrogens is 380 g/mol. The normalized spacial score (nSPS) is 21.2. The van der Waals surface area contributed by atoms with Crippen molar-refractivity contribution < 1.29 is 9.21 Å². The van der Waals surface area contributed by atoms with Crippen LogP contribution in [0.3, 0.4) is 0 Å². The molecule has 2 N–H and O–H groups in total. The first kappa shape index (κ1) is 19.1. The van der Waals surface area contributed by atoms with E-state index in [1.807, 2.05) is 24.3 Å². The molecular formula is C22H28N6O2. The van der Waals surface area contributed by atoms with Crippen molar-refractivity contribution in [1.29, 1.82) is 0 Å². The van der Waals surface area contributed by atoms with Gasteiger partial charge in [-0.05, 0) is 44.4 Å². The Morgan fingerprint density at radius 3 is 2.87 bits per heavy atom. The van der Waals surface area contributed by atoms with Gasteiger partial charge in [0.15, 0.2) is 5.58 Å². The molecule has 0 bridgehead atoms. The van der Waals surface area contributed by atoms with Gasteiger partial charge in [0.05, 0.1) is 12.5 Å². The van der Waals surface area contributed by atoms with Gasteiger partial charge in [-0.2, -0.15) is 4.98 Å². The van der Waals surface area contributed by atoms with E-state index in [-0.39, 0.29) is 11.8 Å². The zero-order valence-electron chi connectivity index (χ0n) is 17.1. The Bertz CT molecular complexity index is 944. The molecule has 158 valence electrons. The van der Waals surface area contributed by atoms with E-state index in [1.165, 1.54) is 0 Å². The quantitative estimate of drug-likeness (QED) is 0.674. The zero-order valence-corrected chi connectivity index (χ0v) is 17.1. The largest absolute Gasteiger partial charge is 0.423 e. The molecule has 0 saturated carbocycles. The maximum Gasteiger partial charge on any atom is 0.298 e. The van der Waals surface area contributed by atoms with Gasteiger partial charge in [-0.1, -0.05) is 12.1 Å². The molecule has 2 aromatic heterocycles. The molecule has 0 unspecified atom stereocenters. The van der Waals surface area contributed by atoms with Gasteiger partial charge in [0.1, 0.15) is 11.3 Å². The van der Waals surface area contributed by atoms with Gasteiger partial charge in [-0.25, -0.2) is 4.98 Å². The minimum atomic E-state index is 0.0591. The summed E-state index contributed by atoms with van der Waals surface area (Å²) in [7, 11) is 0. The lowest BCUT2D eigenvalue weighted by atomic mass is 9.93. The zero-order chi connectivity index (χ0) is 20.3. The number of hydrogen-bond acceptors (Lipinski definition) is 6. The van der Waals surface area contributed by atoms with Crippen molar-refractivity contribution in [3.63, 3.8) is 0 Å². The summed E-state index contributed by atoms with van der Waals surface area (Å²) < 4.78 is 5.93. The number of rotatable bonds is 5. The molecule has 8 heteroatoms. The number of oxazole rings is 1. The van der Waals surface area contributed by atoms with E-state index < -0.39 is 0 Å². The Labute approximate surface area is 175 Å². The van der Waals surface area contributed by atoms with Crippen molar-refractivity contribution in [3.05, 3.63) is 42.5 Å². The number of carbonyl (C=O) groups is 1. The molecule has 1 atom stereocenters. The number of anilines is 1. The molecule has 4 heterocycles. The molecule has 5 rings (SSSR count). The molecule has 1 aromatic carbocycles. The van der Waals surface area contributed by atoms with E-state index >= 15 is 0 Å². The smallest absolute Gasteiger partial charge is 0.298 e. The Hall–Kier alpha value is -2.87. The summed E-state index contributed by atoms with van der Waals surface area (Å²) in [6, 6.07) is 9.15. The predicted molar refractivity (Wildman–Crippen MR) is 114 cm³/mol. The van der Waals surface area contributed by atoms with Gasteiger partial charge in [-0.3, -0.25) is 9.69 Å². The van der Waals surface area contributed by atoms with Gasteiger partial charge in [0, 0.05) is 38.1 Å². The number of benzene rings is 1. The Kier molecular flexibility index (Phi) is 5.40. The number of aromatic amines is 1. The van der Waals surface area contributed by atoms with Gasteiger partial charge in [0.2, 0.25) is 5.91 Å². The lowest BCUT2D eigenvalue weighted by Gasteiger charge is -2.41. The van der Waals surface area contributed by atoms with Crippen LogP contribution >= 0.6 is 0 Å². The summed E-state index contributed by atoms with van der Waals surface area (Å²) in [6.45, 7) is 4.25. The second kappa shape index (κ2) is 8.47. The molecule has 2 fully saturated rings. The molecule has 1 amide bonds. The van der Waals surface area contributed by atoms with E-state index in [1.54, 1.807) is 12.4 Å². The first-order valence-electron chi connectivity index (χ1n) is 10.9. The monoisotopic (exact) mass is 408 g/mol. The number of para-hydroxylation sites is 2. The number of carbonyl (C=O) groups excluding carboxylic acids is 1. The SMILES string of the molecule is O=C(NCc1ncc[nH]1)[C@H]1CCCN(C2CCN(c3nc4ccccc4o3)CC2)C1. The first-order valence-corrected chi connectivity index (χ1v) is 10.9. The summed E-state index contributed by atoms with van der Waals surface area (Å²) in [5.74, 6) is 0.992.